The smallest absolute Gasteiger partial charge is 0.329 e. The molecule has 10 rings (SSSR count). The summed E-state index contributed by atoms with van der Waals surface area (Å²) in [4.78, 5) is 145. The van der Waals surface area contributed by atoms with Gasteiger partial charge in [-0.15, -0.1) is 0 Å². The molecule has 10 aliphatic rings. The Morgan fingerprint density at radius 3 is 1.22 bits per heavy atom. The number of Topliss-reactive ketones (excluding diaryl/α,β-unsaturated/α-hetero) is 6. The lowest BCUT2D eigenvalue weighted by Gasteiger charge is -2.42. The lowest BCUT2D eigenvalue weighted by Crippen LogP contribution is -2.61. The molecule has 2 amide bonds. The van der Waals surface area contributed by atoms with Gasteiger partial charge in [-0.3, -0.25) is 38.4 Å². The summed E-state index contributed by atoms with van der Waals surface area (Å²) in [6.07, 6.45) is 25.9. The van der Waals surface area contributed by atoms with Gasteiger partial charge in [0, 0.05) is 129 Å². The number of amides is 2. The molecule has 33 atom stereocenters. The van der Waals surface area contributed by atoms with Crippen LogP contribution < -0.4 is 0 Å². The highest BCUT2D eigenvalue weighted by atomic mass is 16.7. The standard InChI is InChI=1S/C56H87NO14.C55H85NO14/c1-33-17-13-12-14-18-34(2)46(65-9)29-42-22-20-40(8)56(64,71-42)53(61)54(62)57-24-16-15-19-43(57)55(63)70-47(30-44(58)35(3)26-38(6)51(60)52(67-11)50(59)37(5)25-33)36(4)27-41-21-23-45(48(28-41)66-10)69-49-32-68-31-39(49)7;1-33-16-12-11-13-17-34(2)46(64-8)30-41-21-19-39(7)55(63,70-41)52(60)53(61)56-24-15-14-18-43(56)54(62)69-47(31-44(57)35(3)27-38(6)50(59)51(66-10)49(58)37(5)26-33)36(4)28-40-20-22-45(48(29-40)65-9)68-42-23-25-67-32-42/h12-14,17-18,26,33,35-37,39-43,45-49,51-52,60,64H,15-16,19-25,27-32H2,1-11H3;11-13,16-17,27,33,35-37,39-43,45-48,50-51,59,63H,14-15,18-26,28-32H2,1-10H3/b14-12+,17-13+,34-18+,38-26+;13-11+,16-12+,34-17+,38-27+/t33-,35-,36+,37-,39?,40-,41?,42+,43+,45?,46+,47+,48?,49?,51?,52+,56-;33-,35-,36+,37-,39-,40?,41+,42?,43+,45?,46+,47+,48?,50?,51+,55-/m11/s1. The molecule has 4 bridgehead atoms. The number of aliphatic hydroxyl groups is 4. The van der Waals surface area contributed by atoms with Crippen LogP contribution in [0.5, 0.6) is 0 Å². The zero-order valence-electron chi connectivity index (χ0n) is 88.2. The Morgan fingerprint density at radius 1 is 0.426 bits per heavy atom. The minimum Gasteiger partial charge on any atom is -0.460 e. The number of hydrogen-bond donors (Lipinski definition) is 4. The second-order valence-corrected chi connectivity index (χ2v) is 42.9. The van der Waals surface area contributed by atoms with Crippen LogP contribution in [-0.4, -0.2) is 292 Å². The summed E-state index contributed by atoms with van der Waals surface area (Å²) in [5.74, 6) is -15.3. The van der Waals surface area contributed by atoms with Crippen LogP contribution in [-0.2, 0) is 114 Å². The van der Waals surface area contributed by atoms with Gasteiger partial charge in [0.05, 0.1) is 80.9 Å². The van der Waals surface area contributed by atoms with Gasteiger partial charge >= 0.3 is 11.9 Å². The predicted molar refractivity (Wildman–Crippen MR) is 531 cm³/mol. The highest BCUT2D eigenvalue weighted by molar-refractivity contribution is 6.39. The molecule has 4 N–H and O–H groups in total. The van der Waals surface area contributed by atoms with Crippen LogP contribution in [0.2, 0.25) is 0 Å². The van der Waals surface area contributed by atoms with E-state index in [1.54, 1.807) is 82.1 Å². The van der Waals surface area contributed by atoms with E-state index in [2.05, 4.69) is 6.92 Å². The normalized spacial score (nSPS) is 40.9. The van der Waals surface area contributed by atoms with E-state index in [4.69, 9.17) is 66.3 Å². The van der Waals surface area contributed by atoms with Gasteiger partial charge in [-0.05, 0) is 220 Å². The van der Waals surface area contributed by atoms with E-state index < -0.39 is 156 Å². The van der Waals surface area contributed by atoms with E-state index in [-0.39, 0.29) is 134 Å². The van der Waals surface area contributed by atoms with Crippen LogP contribution in [0, 0.1) is 76.9 Å². The SMILES string of the molecule is COC1CC(C[C@H](C)[C@@H]2CC(=O)[C@H](C)/C=C(\C)C(O)[C@@H](OC)C(=O)[C@H](C)C[C@H](C)/C=C/C=C/C=C(\C)[C@@H](OC)C[C@@H]3CC[C@@H](C)[C@@](O)(O3)C(=O)C(=O)N3CCCC[C@H]3C(=O)O2)CCC1OC1CCOC1.COC1CC(C[C@H](C)[C@@H]2CC(=O)[C@H](C)/C=C(\C)C(O)[C@@H](OC)C(=O)[C@H](C)C[C@H](C)/C=C/C=C/C=C(\C)[C@@H](OC)C[C@@H]3CC[C@@H](C)[C@@](O)(O3)C(=O)C(=O)N3CCCC[C@H]3C(=O)O2)CCC1OC1COCC1C. The molecule has 0 radical (unpaired) electrons. The second-order valence-electron chi connectivity index (χ2n) is 42.9. The number of cyclic esters (lactones) is 2. The van der Waals surface area contributed by atoms with Crippen molar-refractivity contribution in [2.24, 2.45) is 76.9 Å². The van der Waals surface area contributed by atoms with Crippen molar-refractivity contribution in [1.29, 1.82) is 0 Å². The van der Waals surface area contributed by atoms with Crippen molar-refractivity contribution in [1.82, 2.24) is 9.80 Å². The fourth-order valence-electron chi connectivity index (χ4n) is 22.4. The van der Waals surface area contributed by atoms with Crippen molar-refractivity contribution in [3.8, 4) is 0 Å². The molecule has 30 heteroatoms. The van der Waals surface area contributed by atoms with Crippen molar-refractivity contribution in [3.05, 3.63) is 95.2 Å². The van der Waals surface area contributed by atoms with E-state index in [9.17, 15) is 68.4 Å². The Morgan fingerprint density at radius 2 is 0.844 bits per heavy atom. The monoisotopic (exact) mass is 1980 g/mol. The maximum absolute atomic E-state index is 14.6. The molecule has 30 nitrogen and oxygen atoms in total. The molecule has 0 spiro atoms. The molecule has 0 aromatic heterocycles. The molecule has 0 aromatic carbocycles. The number of carbonyl (C=O) groups is 10. The lowest BCUT2D eigenvalue weighted by atomic mass is 9.78. The number of aliphatic hydroxyl groups excluding tert-OH is 2. The summed E-state index contributed by atoms with van der Waals surface area (Å²) in [6.45, 7) is 30.3. The van der Waals surface area contributed by atoms with Crippen molar-refractivity contribution in [3.63, 3.8) is 0 Å². The van der Waals surface area contributed by atoms with Crippen LogP contribution in [0.25, 0.3) is 0 Å². The minimum absolute atomic E-state index is 0.00585. The van der Waals surface area contributed by atoms with Crippen molar-refractivity contribution in [2.75, 3.05) is 82.2 Å². The van der Waals surface area contributed by atoms with Gasteiger partial charge in [-0.2, -0.15) is 0 Å². The Kier molecular flexibility index (Phi) is 47.1. The topological polar surface area (TPSA) is 387 Å². The summed E-state index contributed by atoms with van der Waals surface area (Å²) < 4.78 is 84.1. The Balaban J connectivity index is 0.000000315. The quantitative estimate of drug-likeness (QED) is 0.0633. The van der Waals surface area contributed by atoms with Crippen LogP contribution in [0.15, 0.2) is 95.2 Å². The molecule has 8 fully saturated rings. The third kappa shape index (κ3) is 32.3. The number of hydrogen-bond acceptors (Lipinski definition) is 28. The van der Waals surface area contributed by atoms with Crippen LogP contribution >= 0.6 is 0 Å². The van der Waals surface area contributed by atoms with E-state index in [1.165, 1.54) is 24.0 Å². The second kappa shape index (κ2) is 56.4. The number of esters is 2. The Hall–Kier alpha value is -6.82. The number of nitrogens with zero attached hydrogens (tertiary/aromatic N) is 2. The van der Waals surface area contributed by atoms with Crippen LogP contribution in [0.3, 0.4) is 0 Å². The first-order valence-electron chi connectivity index (χ1n) is 52.5. The number of ketones is 6. The average molecular weight is 1980 g/mol. The molecule has 141 heavy (non-hydrogen) atoms. The first-order chi connectivity index (χ1) is 67.0. The largest absolute Gasteiger partial charge is 0.460 e. The van der Waals surface area contributed by atoms with Crippen LogP contribution in [0.1, 0.15) is 264 Å². The molecule has 0 aromatic rings. The maximum Gasteiger partial charge on any atom is 0.329 e. The van der Waals surface area contributed by atoms with Gasteiger partial charge in [-0.1, -0.05) is 149 Å². The number of rotatable bonds is 16. The molecular weight excluding hydrogens is 1810 g/mol. The molecule has 6 saturated heterocycles. The predicted octanol–water partition coefficient (Wildman–Crippen LogP) is 14.2. The summed E-state index contributed by atoms with van der Waals surface area (Å²) in [7, 11) is 9.33. The first-order valence-corrected chi connectivity index (χ1v) is 52.5. The number of methoxy groups -OCH3 is 6. The van der Waals surface area contributed by atoms with E-state index in [0.717, 1.165) is 43.3 Å². The van der Waals surface area contributed by atoms with E-state index >= 15 is 0 Å². The van der Waals surface area contributed by atoms with Gasteiger partial charge in [0.15, 0.2) is 11.6 Å². The van der Waals surface area contributed by atoms with E-state index in [1.807, 2.05) is 116 Å². The summed E-state index contributed by atoms with van der Waals surface area (Å²) >= 11 is 0. The zero-order valence-corrected chi connectivity index (χ0v) is 88.2. The minimum atomic E-state index is -2.43. The molecule has 2 aliphatic carbocycles. The number of allylic oxidation sites excluding steroid dienone is 12. The van der Waals surface area contributed by atoms with Crippen LogP contribution in [0.4, 0.5) is 0 Å². The highest BCUT2D eigenvalue weighted by Crippen LogP contribution is 2.43. The number of piperidine rings is 2. The van der Waals surface area contributed by atoms with Gasteiger partial charge < -0.3 is 96.5 Å². The molecule has 8 heterocycles. The fraction of sp³-hybridized carbons (Fsp3) is 0.766. The molecule has 794 valence electrons. The molecule has 2 saturated carbocycles. The average Bonchev–Trinajstić information content (AvgIpc) is 1.75. The fourth-order valence-corrected chi connectivity index (χ4v) is 22.4. The maximum atomic E-state index is 14.6. The van der Waals surface area contributed by atoms with E-state index in [0.29, 0.717) is 146 Å². The van der Waals surface area contributed by atoms with Crippen molar-refractivity contribution >= 4 is 58.5 Å². The van der Waals surface area contributed by atoms with Crippen molar-refractivity contribution < 1.29 is 135 Å². The third-order valence-electron chi connectivity index (χ3n) is 31.8. The van der Waals surface area contributed by atoms with Gasteiger partial charge in [0.2, 0.25) is 11.6 Å². The van der Waals surface area contributed by atoms with Gasteiger partial charge in [0.1, 0.15) is 60.3 Å². The molecule has 11 unspecified atom stereocenters. The summed E-state index contributed by atoms with van der Waals surface area (Å²) in [6, 6.07) is -2.27. The summed E-state index contributed by atoms with van der Waals surface area (Å²) in [5.41, 5.74) is 2.56. The van der Waals surface area contributed by atoms with Gasteiger partial charge in [-0.25, -0.2) is 9.59 Å². The zero-order chi connectivity index (χ0) is 103. The summed E-state index contributed by atoms with van der Waals surface area (Å²) in [5, 5.41) is 47.1. The lowest BCUT2D eigenvalue weighted by molar-refractivity contribution is -0.265. The Labute approximate surface area is 838 Å². The van der Waals surface area contributed by atoms with Crippen molar-refractivity contribution in [2.45, 2.75) is 386 Å². The number of fused-ring (bicyclic) bond motifs is 6. The molecular formula is C111H172N2O28. The number of ether oxygens (including phenoxy) is 14. The first kappa shape index (κ1) is 118. The third-order valence-corrected chi connectivity index (χ3v) is 31.8. The number of carbonyl (C=O) groups excluding carboxylic acids is 10. The highest BCUT2D eigenvalue weighted by Gasteiger charge is 2.56. The van der Waals surface area contributed by atoms with Gasteiger partial charge in [0.25, 0.3) is 23.4 Å². The Bertz CT molecular complexity index is 4350. The molecule has 8 aliphatic heterocycles.